The Morgan fingerprint density at radius 2 is 2.57 bits per heavy atom. The van der Waals surface area contributed by atoms with Crippen LogP contribution in [0.4, 0.5) is 0 Å². The van der Waals surface area contributed by atoms with Crippen molar-refractivity contribution in [2.24, 2.45) is 0 Å². The Hall–Kier alpha value is -1.47. The van der Waals surface area contributed by atoms with Crippen LogP contribution in [0, 0.1) is 6.92 Å². The van der Waals surface area contributed by atoms with E-state index in [1.807, 2.05) is 0 Å². The molecule has 1 aromatic rings. The highest BCUT2D eigenvalue weighted by molar-refractivity contribution is 5.86. The van der Waals surface area contributed by atoms with Crippen LogP contribution in [-0.4, -0.2) is 39.2 Å². The number of hydrogen-bond acceptors (Lipinski definition) is 5. The Morgan fingerprint density at radius 3 is 3.07 bits per heavy atom. The van der Waals surface area contributed by atoms with Gasteiger partial charge in [0.2, 0.25) is 0 Å². The number of nitrogens with zero attached hydrogens (tertiary/aromatic N) is 3. The van der Waals surface area contributed by atoms with Gasteiger partial charge in [0.05, 0.1) is 18.3 Å². The summed E-state index contributed by atoms with van der Waals surface area (Å²) in [5.74, 6) is -1.05. The van der Waals surface area contributed by atoms with Crippen LogP contribution in [0.5, 0.6) is 0 Å². The minimum Gasteiger partial charge on any atom is -0.476 e. The van der Waals surface area contributed by atoms with Gasteiger partial charge in [-0.25, -0.2) is 15.0 Å². The first-order chi connectivity index (χ1) is 6.70. The molecule has 0 saturated carbocycles. The van der Waals surface area contributed by atoms with Crippen molar-refractivity contribution in [1.29, 1.82) is 0 Å². The monoisotopic (exact) mass is 198 g/mol. The normalized spacial score (nSPS) is 21.4. The van der Waals surface area contributed by atoms with E-state index in [0.717, 1.165) is 0 Å². The molecular formula is C7H10N4O3. The van der Waals surface area contributed by atoms with E-state index in [0.29, 0.717) is 18.8 Å². The van der Waals surface area contributed by atoms with Gasteiger partial charge in [-0.05, 0) is 6.92 Å². The van der Waals surface area contributed by atoms with Gasteiger partial charge in [0, 0.05) is 6.54 Å². The van der Waals surface area contributed by atoms with E-state index >= 15 is 0 Å². The van der Waals surface area contributed by atoms with Gasteiger partial charge in [0.15, 0.2) is 5.69 Å². The van der Waals surface area contributed by atoms with E-state index in [4.69, 9.17) is 9.94 Å². The molecule has 1 saturated heterocycles. The SMILES string of the molecule is Cc1c(C(=O)O)nnn1C1CNOC1. The number of carboxylic acid groups (broad SMARTS) is 1. The second-order valence-electron chi connectivity index (χ2n) is 3.09. The Balaban J connectivity index is 2.30. The van der Waals surface area contributed by atoms with Crippen LogP contribution >= 0.6 is 0 Å². The number of nitrogens with one attached hydrogen (secondary N) is 1. The van der Waals surface area contributed by atoms with Crippen LogP contribution in [0.2, 0.25) is 0 Å². The number of hydroxylamine groups is 1. The highest BCUT2D eigenvalue weighted by atomic mass is 16.7. The number of rotatable bonds is 2. The number of carbonyl (C=O) groups is 1. The molecule has 2 rings (SSSR count). The van der Waals surface area contributed by atoms with Crippen molar-refractivity contribution in [2.75, 3.05) is 13.2 Å². The minimum atomic E-state index is -1.05. The van der Waals surface area contributed by atoms with E-state index in [9.17, 15) is 4.79 Å². The fourth-order valence-corrected chi connectivity index (χ4v) is 1.41. The second kappa shape index (κ2) is 3.35. The van der Waals surface area contributed by atoms with Crippen molar-refractivity contribution in [3.05, 3.63) is 11.4 Å². The van der Waals surface area contributed by atoms with Crippen LogP contribution in [0.15, 0.2) is 0 Å². The summed E-state index contributed by atoms with van der Waals surface area (Å²) in [6, 6.07) is 0.0237. The van der Waals surface area contributed by atoms with Crippen LogP contribution in [0.25, 0.3) is 0 Å². The van der Waals surface area contributed by atoms with Crippen molar-refractivity contribution >= 4 is 5.97 Å². The van der Waals surface area contributed by atoms with Crippen molar-refractivity contribution < 1.29 is 14.7 Å². The van der Waals surface area contributed by atoms with Gasteiger partial charge in [-0.15, -0.1) is 5.10 Å². The second-order valence-corrected chi connectivity index (χ2v) is 3.09. The number of aromatic carboxylic acids is 1. The molecule has 0 bridgehead atoms. The van der Waals surface area contributed by atoms with Crippen molar-refractivity contribution in [1.82, 2.24) is 20.5 Å². The quantitative estimate of drug-likeness (QED) is 0.657. The lowest BCUT2D eigenvalue weighted by Crippen LogP contribution is -2.17. The maximum atomic E-state index is 10.7. The number of hydrogen-bond donors (Lipinski definition) is 2. The lowest BCUT2D eigenvalue weighted by atomic mass is 10.3. The third kappa shape index (κ3) is 1.36. The first kappa shape index (κ1) is 9.10. The van der Waals surface area contributed by atoms with E-state index in [2.05, 4.69) is 15.8 Å². The van der Waals surface area contributed by atoms with Crippen LogP contribution in [0.3, 0.4) is 0 Å². The topological polar surface area (TPSA) is 89.3 Å². The number of aromatic nitrogens is 3. The first-order valence-electron chi connectivity index (χ1n) is 4.20. The van der Waals surface area contributed by atoms with Gasteiger partial charge < -0.3 is 5.11 Å². The molecule has 2 N–H and O–H groups in total. The summed E-state index contributed by atoms with van der Waals surface area (Å²) in [5.41, 5.74) is 3.25. The molecule has 1 fully saturated rings. The molecule has 0 spiro atoms. The van der Waals surface area contributed by atoms with Crippen LogP contribution in [0.1, 0.15) is 22.2 Å². The maximum absolute atomic E-state index is 10.7. The van der Waals surface area contributed by atoms with E-state index in [1.54, 1.807) is 11.6 Å². The molecule has 1 atom stereocenters. The molecule has 0 radical (unpaired) electrons. The molecule has 0 aromatic carbocycles. The molecule has 1 aromatic heterocycles. The fraction of sp³-hybridized carbons (Fsp3) is 0.571. The van der Waals surface area contributed by atoms with Crippen molar-refractivity contribution in [2.45, 2.75) is 13.0 Å². The third-order valence-corrected chi connectivity index (χ3v) is 2.17. The lowest BCUT2D eigenvalue weighted by molar-refractivity contribution is 0.0689. The molecule has 76 valence electrons. The van der Waals surface area contributed by atoms with E-state index < -0.39 is 5.97 Å². The average Bonchev–Trinajstić information content (AvgIpc) is 2.71. The largest absolute Gasteiger partial charge is 0.476 e. The van der Waals surface area contributed by atoms with Crippen LogP contribution < -0.4 is 5.48 Å². The van der Waals surface area contributed by atoms with Crippen molar-refractivity contribution in [3.8, 4) is 0 Å². The predicted octanol–water partition coefficient (Wildman–Crippen LogP) is -0.639. The molecule has 1 aliphatic rings. The average molecular weight is 198 g/mol. The zero-order valence-corrected chi connectivity index (χ0v) is 7.60. The molecule has 14 heavy (non-hydrogen) atoms. The first-order valence-corrected chi connectivity index (χ1v) is 4.20. The van der Waals surface area contributed by atoms with Gasteiger partial charge in [0.25, 0.3) is 0 Å². The molecule has 0 aliphatic carbocycles. The standard InChI is InChI=1S/C7H10N4O3/c1-4-6(7(12)13)9-10-11(4)5-2-8-14-3-5/h5,8H,2-3H2,1H3,(H,12,13). The molecular weight excluding hydrogens is 188 g/mol. The fourth-order valence-electron chi connectivity index (χ4n) is 1.41. The summed E-state index contributed by atoms with van der Waals surface area (Å²) in [6.07, 6.45) is 0. The van der Waals surface area contributed by atoms with Gasteiger partial charge >= 0.3 is 5.97 Å². The Labute approximate surface area is 79.6 Å². The molecule has 1 aliphatic heterocycles. The van der Waals surface area contributed by atoms with E-state index in [-0.39, 0.29) is 11.7 Å². The van der Waals surface area contributed by atoms with Gasteiger partial charge in [-0.1, -0.05) is 5.21 Å². The molecule has 2 heterocycles. The third-order valence-electron chi connectivity index (χ3n) is 2.17. The van der Waals surface area contributed by atoms with E-state index in [1.165, 1.54) is 0 Å². The van der Waals surface area contributed by atoms with Gasteiger partial charge in [-0.2, -0.15) is 0 Å². The highest BCUT2D eigenvalue weighted by Gasteiger charge is 2.23. The smallest absolute Gasteiger partial charge is 0.358 e. The zero-order chi connectivity index (χ0) is 10.1. The summed E-state index contributed by atoms with van der Waals surface area (Å²) in [6.45, 7) is 2.77. The Bertz CT molecular complexity index is 356. The maximum Gasteiger partial charge on any atom is 0.358 e. The summed E-state index contributed by atoms with van der Waals surface area (Å²) in [5, 5.41) is 16.1. The summed E-state index contributed by atoms with van der Waals surface area (Å²) < 4.78 is 1.57. The Morgan fingerprint density at radius 1 is 1.79 bits per heavy atom. The van der Waals surface area contributed by atoms with Crippen LogP contribution in [-0.2, 0) is 4.84 Å². The summed E-state index contributed by atoms with van der Waals surface area (Å²) >= 11 is 0. The molecule has 7 heteroatoms. The lowest BCUT2D eigenvalue weighted by Gasteiger charge is -2.07. The molecule has 7 nitrogen and oxygen atoms in total. The summed E-state index contributed by atoms with van der Waals surface area (Å²) in [7, 11) is 0. The Kier molecular flexibility index (Phi) is 2.18. The highest BCUT2D eigenvalue weighted by Crippen LogP contribution is 2.13. The minimum absolute atomic E-state index is 0.00287. The summed E-state index contributed by atoms with van der Waals surface area (Å²) in [4.78, 5) is 15.6. The molecule has 0 amide bonds. The zero-order valence-electron chi connectivity index (χ0n) is 7.60. The van der Waals surface area contributed by atoms with Gasteiger partial charge in [-0.3, -0.25) is 4.84 Å². The number of carboxylic acids is 1. The van der Waals surface area contributed by atoms with Crippen molar-refractivity contribution in [3.63, 3.8) is 0 Å². The van der Waals surface area contributed by atoms with Gasteiger partial charge in [0.1, 0.15) is 0 Å². The molecule has 1 unspecified atom stereocenters. The predicted molar refractivity (Wildman–Crippen MR) is 44.7 cm³/mol.